The molecule has 6 nitrogen and oxygen atoms in total. The third kappa shape index (κ3) is 4.84. The van der Waals surface area contributed by atoms with E-state index in [0.29, 0.717) is 12.3 Å². The highest BCUT2D eigenvalue weighted by atomic mass is 32.2. The molecule has 2 N–H and O–H groups in total. The maximum atomic E-state index is 11.5. The van der Waals surface area contributed by atoms with E-state index in [-0.39, 0.29) is 11.7 Å². The molecular weight excluding hydrogens is 288 g/mol. The van der Waals surface area contributed by atoms with Crippen molar-refractivity contribution in [2.75, 3.05) is 35.2 Å². The Morgan fingerprint density at radius 3 is 2.52 bits per heavy atom. The van der Waals surface area contributed by atoms with Crippen molar-refractivity contribution >= 4 is 21.5 Å². The highest BCUT2D eigenvalue weighted by Gasteiger charge is 2.27. The van der Waals surface area contributed by atoms with Crippen molar-refractivity contribution in [1.82, 2.24) is 9.97 Å². The van der Waals surface area contributed by atoms with E-state index in [1.807, 2.05) is 13.0 Å². The summed E-state index contributed by atoms with van der Waals surface area (Å²) in [6, 6.07) is 1.88. The Labute approximate surface area is 126 Å². The first-order valence-corrected chi connectivity index (χ1v) is 9.40. The second kappa shape index (κ2) is 7.06. The molecule has 1 aromatic heterocycles. The fourth-order valence-corrected chi connectivity index (χ4v) is 4.34. The van der Waals surface area contributed by atoms with E-state index >= 15 is 0 Å². The highest BCUT2D eigenvalue weighted by Crippen LogP contribution is 2.19. The monoisotopic (exact) mass is 312 g/mol. The molecule has 21 heavy (non-hydrogen) atoms. The number of aryl methyl sites for hydroxylation is 1. The summed E-state index contributed by atoms with van der Waals surface area (Å²) in [6.07, 6.45) is 2.57. The summed E-state index contributed by atoms with van der Waals surface area (Å²) in [5.74, 6) is 3.19. The van der Waals surface area contributed by atoms with E-state index in [1.165, 1.54) is 0 Å². The van der Waals surface area contributed by atoms with Crippen molar-refractivity contribution in [1.29, 1.82) is 0 Å². The van der Waals surface area contributed by atoms with Gasteiger partial charge in [-0.3, -0.25) is 0 Å². The van der Waals surface area contributed by atoms with E-state index < -0.39 is 9.84 Å². The van der Waals surface area contributed by atoms with Gasteiger partial charge in [0.25, 0.3) is 0 Å². The van der Waals surface area contributed by atoms with Gasteiger partial charge in [0, 0.05) is 25.6 Å². The van der Waals surface area contributed by atoms with Crippen LogP contribution < -0.4 is 10.6 Å². The van der Waals surface area contributed by atoms with Gasteiger partial charge in [-0.25, -0.2) is 18.4 Å². The summed E-state index contributed by atoms with van der Waals surface area (Å²) >= 11 is 0. The van der Waals surface area contributed by atoms with Crippen LogP contribution in [-0.4, -0.2) is 43.0 Å². The van der Waals surface area contributed by atoms with Crippen LogP contribution in [0.25, 0.3) is 0 Å². The van der Waals surface area contributed by atoms with E-state index in [0.717, 1.165) is 43.3 Å². The average Bonchev–Trinajstić information content (AvgIpc) is 2.77. The van der Waals surface area contributed by atoms with Gasteiger partial charge in [0.05, 0.1) is 11.5 Å². The van der Waals surface area contributed by atoms with Gasteiger partial charge in [0.15, 0.2) is 9.84 Å². The first-order valence-electron chi connectivity index (χ1n) is 7.58. The van der Waals surface area contributed by atoms with E-state index in [4.69, 9.17) is 0 Å². The minimum Gasteiger partial charge on any atom is -0.370 e. The number of sulfone groups is 1. The van der Waals surface area contributed by atoms with Gasteiger partial charge in [0.2, 0.25) is 0 Å². The number of nitrogens with zero attached hydrogens (tertiary/aromatic N) is 2. The van der Waals surface area contributed by atoms with Crippen LogP contribution in [0.3, 0.4) is 0 Å². The fraction of sp³-hybridized carbons (Fsp3) is 0.714. The lowest BCUT2D eigenvalue weighted by Crippen LogP contribution is -2.17. The smallest absolute Gasteiger partial charge is 0.150 e. The molecule has 2 rings (SSSR count). The Hall–Kier alpha value is -1.37. The lowest BCUT2D eigenvalue weighted by Gasteiger charge is -2.13. The molecule has 0 bridgehead atoms. The summed E-state index contributed by atoms with van der Waals surface area (Å²) in [5, 5.41) is 6.47. The van der Waals surface area contributed by atoms with Gasteiger partial charge in [-0.1, -0.05) is 6.92 Å². The van der Waals surface area contributed by atoms with Gasteiger partial charge >= 0.3 is 0 Å². The first-order chi connectivity index (χ1) is 10.0. The Balaban J connectivity index is 2.01. The van der Waals surface area contributed by atoms with E-state index in [9.17, 15) is 8.42 Å². The molecule has 1 aromatic rings. The molecule has 1 fully saturated rings. The Kier molecular flexibility index (Phi) is 5.39. The zero-order chi connectivity index (χ0) is 15.3. The molecule has 2 heterocycles. The van der Waals surface area contributed by atoms with Crippen molar-refractivity contribution in [3.05, 3.63) is 11.9 Å². The van der Waals surface area contributed by atoms with Crippen LogP contribution in [0.2, 0.25) is 0 Å². The van der Waals surface area contributed by atoms with Crippen molar-refractivity contribution in [2.24, 2.45) is 5.92 Å². The second-order valence-electron chi connectivity index (χ2n) is 5.48. The maximum Gasteiger partial charge on any atom is 0.150 e. The molecule has 1 aliphatic rings. The van der Waals surface area contributed by atoms with E-state index in [1.54, 1.807) is 0 Å². The number of nitrogens with one attached hydrogen (secondary N) is 2. The quantitative estimate of drug-likeness (QED) is 0.797. The van der Waals surface area contributed by atoms with Crippen LogP contribution in [0.15, 0.2) is 6.07 Å². The minimum atomic E-state index is -2.82. The maximum absolute atomic E-state index is 11.5. The fourth-order valence-electron chi connectivity index (χ4n) is 2.48. The van der Waals surface area contributed by atoms with Crippen molar-refractivity contribution in [2.45, 2.75) is 33.1 Å². The SMILES string of the molecule is CCCc1nc(NCC)cc(NCC2CCS(=O)(=O)C2)n1. The lowest BCUT2D eigenvalue weighted by atomic mass is 10.1. The topological polar surface area (TPSA) is 84.0 Å². The standard InChI is InChI=1S/C14H24N4O2S/c1-3-5-12-17-13(15-4-2)8-14(18-12)16-9-11-6-7-21(19,20)10-11/h8,11H,3-7,9-10H2,1-2H3,(H2,15,16,17,18). The van der Waals surface area contributed by atoms with Gasteiger partial charge in [-0.15, -0.1) is 0 Å². The van der Waals surface area contributed by atoms with Gasteiger partial charge in [0.1, 0.15) is 17.5 Å². The molecule has 0 aliphatic carbocycles. The number of hydrogen-bond acceptors (Lipinski definition) is 6. The summed E-state index contributed by atoms with van der Waals surface area (Å²) in [6.45, 7) is 5.58. The molecule has 118 valence electrons. The number of rotatable bonds is 7. The average molecular weight is 312 g/mol. The number of hydrogen-bond donors (Lipinski definition) is 2. The van der Waals surface area contributed by atoms with Crippen molar-refractivity contribution < 1.29 is 8.42 Å². The van der Waals surface area contributed by atoms with Crippen LogP contribution in [0.5, 0.6) is 0 Å². The summed E-state index contributed by atoms with van der Waals surface area (Å²) in [5.41, 5.74) is 0. The zero-order valence-electron chi connectivity index (χ0n) is 12.7. The van der Waals surface area contributed by atoms with Gasteiger partial charge < -0.3 is 10.6 Å². The molecule has 1 saturated heterocycles. The molecule has 0 spiro atoms. The summed E-state index contributed by atoms with van der Waals surface area (Å²) in [4.78, 5) is 8.95. The van der Waals surface area contributed by atoms with Crippen LogP contribution in [0.1, 0.15) is 32.5 Å². The molecule has 0 saturated carbocycles. The minimum absolute atomic E-state index is 0.183. The first kappa shape index (κ1) is 16.0. The predicted molar refractivity (Wildman–Crippen MR) is 85.4 cm³/mol. The lowest BCUT2D eigenvalue weighted by molar-refractivity contribution is 0.595. The third-order valence-corrected chi connectivity index (χ3v) is 5.34. The molecule has 0 aromatic carbocycles. The third-order valence-electron chi connectivity index (χ3n) is 3.50. The predicted octanol–water partition coefficient (Wildman–Crippen LogP) is 1.71. The van der Waals surface area contributed by atoms with Gasteiger partial charge in [-0.05, 0) is 25.7 Å². The van der Waals surface area contributed by atoms with E-state index in [2.05, 4.69) is 27.5 Å². The summed E-state index contributed by atoms with van der Waals surface area (Å²) in [7, 11) is -2.82. The Morgan fingerprint density at radius 2 is 1.95 bits per heavy atom. The molecule has 7 heteroatoms. The Bertz CT molecular complexity index is 550. The molecular formula is C14H24N4O2S. The molecule has 0 radical (unpaired) electrons. The summed E-state index contributed by atoms with van der Waals surface area (Å²) < 4.78 is 22.9. The highest BCUT2D eigenvalue weighted by molar-refractivity contribution is 7.91. The van der Waals surface area contributed by atoms with Crippen LogP contribution in [0, 0.1) is 5.92 Å². The number of aromatic nitrogens is 2. The van der Waals surface area contributed by atoms with Crippen LogP contribution in [-0.2, 0) is 16.3 Å². The van der Waals surface area contributed by atoms with Crippen molar-refractivity contribution in [3.63, 3.8) is 0 Å². The Morgan fingerprint density at radius 1 is 1.24 bits per heavy atom. The number of anilines is 2. The molecule has 0 amide bonds. The van der Waals surface area contributed by atoms with Crippen LogP contribution in [0.4, 0.5) is 11.6 Å². The van der Waals surface area contributed by atoms with Crippen LogP contribution >= 0.6 is 0 Å². The molecule has 1 aliphatic heterocycles. The van der Waals surface area contributed by atoms with Gasteiger partial charge in [-0.2, -0.15) is 0 Å². The second-order valence-corrected chi connectivity index (χ2v) is 7.71. The van der Waals surface area contributed by atoms with Crippen molar-refractivity contribution in [3.8, 4) is 0 Å². The normalized spacial score (nSPS) is 20.4. The molecule has 1 atom stereocenters. The molecule has 1 unspecified atom stereocenters. The zero-order valence-corrected chi connectivity index (χ0v) is 13.5. The largest absolute Gasteiger partial charge is 0.370 e.